The number of hydrogen-bond donors (Lipinski definition) is 1. The van der Waals surface area contributed by atoms with Gasteiger partial charge in [0.1, 0.15) is 0 Å². The summed E-state index contributed by atoms with van der Waals surface area (Å²) in [4.78, 5) is 12.1. The number of ketones is 1. The number of carbonyl (C=O) groups excluding carboxylic acids is 1. The van der Waals surface area contributed by atoms with Crippen LogP contribution in [0.2, 0.25) is 0 Å². The van der Waals surface area contributed by atoms with Crippen LogP contribution in [0.1, 0.15) is 52.4 Å². The second-order valence-electron chi connectivity index (χ2n) is 9.12. The van der Waals surface area contributed by atoms with Crippen molar-refractivity contribution in [2.75, 3.05) is 0 Å². The van der Waals surface area contributed by atoms with Gasteiger partial charge in [-0.3, -0.25) is 4.79 Å². The summed E-state index contributed by atoms with van der Waals surface area (Å²) in [6.45, 7) is 4.35. The molecule has 0 aliphatic heterocycles. The summed E-state index contributed by atoms with van der Waals surface area (Å²) in [5.74, 6) is 10.8. The third kappa shape index (κ3) is 2.59. The highest BCUT2D eigenvalue weighted by molar-refractivity contribution is 5.93. The fourth-order valence-electron chi connectivity index (χ4n) is 6.52. The lowest BCUT2D eigenvalue weighted by Gasteiger charge is -2.53. The van der Waals surface area contributed by atoms with Gasteiger partial charge in [-0.15, -0.1) is 6.42 Å². The van der Waals surface area contributed by atoms with Crippen LogP contribution in [-0.4, -0.2) is 17.0 Å². The third-order valence-corrected chi connectivity index (χ3v) is 7.94. The first-order valence-electron chi connectivity index (χ1n) is 10.0. The van der Waals surface area contributed by atoms with Crippen LogP contribution in [0, 0.1) is 59.2 Å². The number of allylic oxidation sites excluding steroid dienone is 2. The number of carbonyl (C=O) groups is 1. The molecule has 1 N–H and O–H groups in total. The lowest BCUT2D eigenvalue weighted by Crippen LogP contribution is -2.48. The van der Waals surface area contributed by atoms with E-state index in [1.807, 2.05) is 12.2 Å². The molecule has 26 heavy (non-hydrogen) atoms. The van der Waals surface area contributed by atoms with Gasteiger partial charge in [-0.1, -0.05) is 25.3 Å². The highest BCUT2D eigenvalue weighted by atomic mass is 16.3. The maximum atomic E-state index is 12.1. The van der Waals surface area contributed by atoms with Crippen LogP contribution >= 0.6 is 0 Å². The van der Waals surface area contributed by atoms with Gasteiger partial charge in [0.05, 0.1) is 6.10 Å². The molecule has 4 rings (SSSR count). The largest absolute Gasteiger partial charge is 0.388 e. The number of terminal acetylenes is 1. The summed E-state index contributed by atoms with van der Waals surface area (Å²) in [5.41, 5.74) is 2.43. The Morgan fingerprint density at radius 1 is 1.35 bits per heavy atom. The average molecular weight is 348 g/mol. The summed E-state index contributed by atoms with van der Waals surface area (Å²) in [6.07, 6.45) is 15.1. The molecule has 4 aliphatic rings. The monoisotopic (exact) mass is 348 g/mol. The maximum absolute atomic E-state index is 12.1. The van der Waals surface area contributed by atoms with Crippen molar-refractivity contribution in [2.45, 2.75) is 58.5 Å². The Morgan fingerprint density at radius 3 is 2.92 bits per heavy atom. The van der Waals surface area contributed by atoms with Gasteiger partial charge in [-0.25, -0.2) is 0 Å². The van der Waals surface area contributed by atoms with Crippen molar-refractivity contribution < 1.29 is 9.90 Å². The Hall–Kier alpha value is -1.77. The quantitative estimate of drug-likeness (QED) is 0.674. The molecule has 0 aromatic carbocycles. The zero-order valence-corrected chi connectivity index (χ0v) is 15.8. The van der Waals surface area contributed by atoms with Gasteiger partial charge < -0.3 is 5.11 Å². The van der Waals surface area contributed by atoms with Crippen LogP contribution in [0.4, 0.5) is 0 Å². The van der Waals surface area contributed by atoms with Crippen LogP contribution in [-0.2, 0) is 4.79 Å². The van der Waals surface area contributed by atoms with E-state index < -0.39 is 6.10 Å². The number of rotatable bonds is 0. The zero-order chi connectivity index (χ0) is 18.5. The molecule has 4 aliphatic carbocycles. The van der Waals surface area contributed by atoms with Crippen molar-refractivity contribution in [3.8, 4) is 24.2 Å². The standard InChI is InChI=1S/C24H28O2/c1-4-5-6-7-17-13-21-19-9-8-16-14-22(25)15(2)12-20(16)18(19)10-11-24(21,3)23(17)26/h1,7,14-15,18-21,23,26H,8-13H2,2-3H3/t15?,18-,19+,20-,21-,23-,24-/m0/s1. The van der Waals surface area contributed by atoms with Crippen molar-refractivity contribution >= 4 is 5.78 Å². The topological polar surface area (TPSA) is 37.3 Å². The average Bonchev–Trinajstić information content (AvgIpc) is 2.88. The molecule has 0 amide bonds. The molecule has 0 spiro atoms. The van der Waals surface area contributed by atoms with Crippen molar-refractivity contribution in [2.24, 2.45) is 35.0 Å². The summed E-state index contributed by atoms with van der Waals surface area (Å²) in [5, 5.41) is 11.0. The second kappa shape index (κ2) is 6.44. The molecule has 1 unspecified atom stereocenters. The Labute approximate surface area is 157 Å². The first kappa shape index (κ1) is 17.6. The molecule has 7 atom stereocenters. The smallest absolute Gasteiger partial charge is 0.158 e. The zero-order valence-electron chi connectivity index (χ0n) is 15.8. The summed E-state index contributed by atoms with van der Waals surface area (Å²) < 4.78 is 0. The van der Waals surface area contributed by atoms with E-state index in [-0.39, 0.29) is 11.3 Å². The molecule has 2 heteroatoms. The van der Waals surface area contributed by atoms with Gasteiger partial charge in [0, 0.05) is 11.3 Å². The number of aliphatic hydroxyl groups is 1. The minimum absolute atomic E-state index is 0.0395. The predicted molar refractivity (Wildman–Crippen MR) is 103 cm³/mol. The first-order chi connectivity index (χ1) is 12.5. The molecule has 3 fully saturated rings. The highest BCUT2D eigenvalue weighted by Crippen LogP contribution is 2.63. The van der Waals surface area contributed by atoms with Crippen molar-refractivity contribution in [1.82, 2.24) is 0 Å². The summed E-state index contributed by atoms with van der Waals surface area (Å²) in [7, 11) is 0. The molecule has 0 aromatic rings. The molecular weight excluding hydrogens is 320 g/mol. The normalized spacial score (nSPS) is 45.5. The van der Waals surface area contributed by atoms with Crippen LogP contribution < -0.4 is 0 Å². The third-order valence-electron chi connectivity index (χ3n) is 7.94. The SMILES string of the molecule is C#CC#CC=C1C[C@H]2[C@@H]3CCC4=CC(=O)C(C)C[C@@H]4[C@H]3CC[C@]2(C)[C@H]1O. The van der Waals surface area contributed by atoms with E-state index in [2.05, 4.69) is 31.6 Å². The molecule has 0 radical (unpaired) electrons. The molecule has 3 saturated carbocycles. The van der Waals surface area contributed by atoms with E-state index in [4.69, 9.17) is 6.42 Å². The van der Waals surface area contributed by atoms with E-state index in [9.17, 15) is 9.90 Å². The van der Waals surface area contributed by atoms with Crippen LogP contribution in [0.15, 0.2) is 23.3 Å². The molecule has 0 heterocycles. The van der Waals surface area contributed by atoms with Gasteiger partial charge >= 0.3 is 0 Å². The van der Waals surface area contributed by atoms with E-state index in [0.29, 0.717) is 29.5 Å². The molecular formula is C24H28O2. The minimum Gasteiger partial charge on any atom is -0.388 e. The van der Waals surface area contributed by atoms with E-state index in [1.54, 1.807) is 0 Å². The van der Waals surface area contributed by atoms with Crippen molar-refractivity contribution in [3.05, 3.63) is 23.3 Å². The van der Waals surface area contributed by atoms with Crippen LogP contribution in [0.5, 0.6) is 0 Å². The number of hydrogen-bond acceptors (Lipinski definition) is 2. The van der Waals surface area contributed by atoms with E-state index in [0.717, 1.165) is 37.7 Å². The Balaban J connectivity index is 1.63. The van der Waals surface area contributed by atoms with E-state index in [1.165, 1.54) is 12.0 Å². The molecule has 0 saturated heterocycles. The molecule has 0 aromatic heterocycles. The molecule has 0 bridgehead atoms. The van der Waals surface area contributed by atoms with E-state index >= 15 is 0 Å². The maximum Gasteiger partial charge on any atom is 0.158 e. The van der Waals surface area contributed by atoms with Gasteiger partial charge in [0.25, 0.3) is 0 Å². The number of fused-ring (bicyclic) bond motifs is 5. The fraction of sp³-hybridized carbons (Fsp3) is 0.625. The van der Waals surface area contributed by atoms with Gasteiger partial charge in [-0.2, -0.15) is 0 Å². The molecule has 136 valence electrons. The lowest BCUT2D eigenvalue weighted by molar-refractivity contribution is -0.119. The van der Waals surface area contributed by atoms with Crippen molar-refractivity contribution in [3.63, 3.8) is 0 Å². The number of aliphatic hydroxyl groups excluding tert-OH is 1. The second-order valence-corrected chi connectivity index (χ2v) is 9.12. The van der Waals surface area contributed by atoms with Gasteiger partial charge in [-0.05, 0) is 91.8 Å². The first-order valence-corrected chi connectivity index (χ1v) is 10.0. The lowest BCUT2D eigenvalue weighted by atomic mass is 9.51. The van der Waals surface area contributed by atoms with Crippen LogP contribution in [0.25, 0.3) is 0 Å². The van der Waals surface area contributed by atoms with Gasteiger partial charge in [0.15, 0.2) is 5.78 Å². The summed E-state index contributed by atoms with van der Waals surface area (Å²) in [6, 6.07) is 0. The van der Waals surface area contributed by atoms with Crippen molar-refractivity contribution in [1.29, 1.82) is 0 Å². The Bertz CT molecular complexity index is 783. The Kier molecular flexibility index (Phi) is 4.37. The van der Waals surface area contributed by atoms with Gasteiger partial charge in [0.2, 0.25) is 0 Å². The van der Waals surface area contributed by atoms with Crippen LogP contribution in [0.3, 0.4) is 0 Å². The minimum atomic E-state index is -0.399. The fourth-order valence-corrected chi connectivity index (χ4v) is 6.52. The predicted octanol–water partition coefficient (Wildman–Crippen LogP) is 3.91. The summed E-state index contributed by atoms with van der Waals surface area (Å²) >= 11 is 0. The highest BCUT2D eigenvalue weighted by Gasteiger charge is 2.57. The molecule has 2 nitrogen and oxygen atoms in total. The Morgan fingerprint density at radius 2 is 2.15 bits per heavy atom.